The molecule has 0 saturated carbocycles. The van der Waals surface area contributed by atoms with Crippen LogP contribution in [0.3, 0.4) is 0 Å². The molecule has 6 nitrogen and oxygen atoms in total. The Balaban J connectivity index is 1.50. The van der Waals surface area contributed by atoms with E-state index in [1.807, 2.05) is 0 Å². The maximum atomic E-state index is 11.7. The number of nitrogens with zero attached hydrogens (tertiary/aromatic N) is 1. The zero-order valence-corrected chi connectivity index (χ0v) is 17.4. The van der Waals surface area contributed by atoms with Crippen LogP contribution < -0.4 is 10.9 Å². The summed E-state index contributed by atoms with van der Waals surface area (Å²) < 4.78 is 0. The topological polar surface area (TPSA) is 94.5 Å². The van der Waals surface area contributed by atoms with Gasteiger partial charge in [-0.3, -0.25) is 4.79 Å². The van der Waals surface area contributed by atoms with Crippen molar-refractivity contribution >= 4 is 16.6 Å². The number of pyridine rings is 1. The number of nitroso groups, excluding NO2 is 1. The van der Waals surface area contributed by atoms with Crippen LogP contribution in [-0.4, -0.2) is 22.7 Å². The van der Waals surface area contributed by atoms with Crippen molar-refractivity contribution in [1.29, 1.82) is 0 Å². The first-order chi connectivity index (χ1) is 14.5. The van der Waals surface area contributed by atoms with E-state index in [9.17, 15) is 14.8 Å². The zero-order valence-electron chi connectivity index (χ0n) is 17.4. The summed E-state index contributed by atoms with van der Waals surface area (Å²) in [5.74, 6) is 0. The summed E-state index contributed by atoms with van der Waals surface area (Å²) in [7, 11) is 0. The molecule has 1 aromatic heterocycles. The Morgan fingerprint density at radius 1 is 1.10 bits per heavy atom. The smallest absolute Gasteiger partial charge is 0.248 e. The van der Waals surface area contributed by atoms with Gasteiger partial charge in [-0.2, -0.15) is 0 Å². The second-order valence-electron chi connectivity index (χ2n) is 8.00. The number of aliphatic hydroxyl groups excluding tert-OH is 1. The van der Waals surface area contributed by atoms with Crippen molar-refractivity contribution in [2.75, 3.05) is 6.54 Å². The number of benzene rings is 2. The Bertz CT molecular complexity index is 1120. The van der Waals surface area contributed by atoms with Crippen LogP contribution in [0.4, 0.5) is 5.69 Å². The first kappa shape index (κ1) is 20.4. The van der Waals surface area contributed by atoms with Gasteiger partial charge in [0.25, 0.3) is 0 Å². The van der Waals surface area contributed by atoms with Crippen LogP contribution >= 0.6 is 0 Å². The normalized spacial score (nSPS) is 14.8. The number of hydrogen-bond acceptors (Lipinski definition) is 5. The number of aromatic amines is 1. The third kappa shape index (κ3) is 3.80. The number of aromatic nitrogens is 1. The quantitative estimate of drug-likeness (QED) is 0.521. The summed E-state index contributed by atoms with van der Waals surface area (Å²) in [6.45, 7) is 4.79. The molecule has 3 N–H and O–H groups in total. The highest BCUT2D eigenvalue weighted by Gasteiger charge is 2.24. The lowest BCUT2D eigenvalue weighted by atomic mass is 9.97. The summed E-state index contributed by atoms with van der Waals surface area (Å²) >= 11 is 0. The van der Waals surface area contributed by atoms with E-state index in [0.29, 0.717) is 23.0 Å². The molecule has 0 spiro atoms. The third-order valence-electron chi connectivity index (χ3n) is 6.18. The predicted molar refractivity (Wildman–Crippen MR) is 119 cm³/mol. The summed E-state index contributed by atoms with van der Waals surface area (Å²) in [6, 6.07) is 11.2. The highest BCUT2D eigenvalue weighted by Crippen LogP contribution is 2.30. The molecule has 3 aromatic rings. The maximum absolute atomic E-state index is 11.7. The Labute approximate surface area is 175 Å². The van der Waals surface area contributed by atoms with Crippen molar-refractivity contribution in [1.82, 2.24) is 10.3 Å². The monoisotopic (exact) mass is 405 g/mol. The van der Waals surface area contributed by atoms with E-state index in [1.54, 1.807) is 12.1 Å². The number of rotatable bonds is 7. The van der Waals surface area contributed by atoms with Crippen LogP contribution in [0.15, 0.2) is 46.4 Å². The number of aliphatic hydroxyl groups is 1. The van der Waals surface area contributed by atoms with Gasteiger partial charge in [-0.25, -0.2) is 0 Å². The first-order valence-corrected chi connectivity index (χ1v) is 10.6. The molecular weight excluding hydrogens is 378 g/mol. The Hall–Kier alpha value is -2.83. The molecule has 0 fully saturated rings. The van der Waals surface area contributed by atoms with Gasteiger partial charge in [-0.15, -0.1) is 4.91 Å². The second kappa shape index (κ2) is 8.50. The molecule has 0 unspecified atom stereocenters. The average molecular weight is 405 g/mol. The Morgan fingerprint density at radius 2 is 1.77 bits per heavy atom. The molecule has 0 aliphatic heterocycles. The molecule has 1 aliphatic rings. The molecule has 1 atom stereocenters. The van der Waals surface area contributed by atoms with Crippen LogP contribution in [0, 0.1) is 4.91 Å². The van der Waals surface area contributed by atoms with Crippen molar-refractivity contribution in [3.63, 3.8) is 0 Å². The summed E-state index contributed by atoms with van der Waals surface area (Å²) in [6.07, 6.45) is 3.25. The van der Waals surface area contributed by atoms with Gasteiger partial charge in [0.15, 0.2) is 0 Å². The Kier molecular flexibility index (Phi) is 5.79. The molecule has 156 valence electrons. The third-order valence-corrected chi connectivity index (χ3v) is 6.18. The number of fused-ring (bicyclic) bond motifs is 2. The lowest BCUT2D eigenvalue weighted by molar-refractivity contribution is 0.171. The fourth-order valence-corrected chi connectivity index (χ4v) is 4.59. The van der Waals surface area contributed by atoms with Gasteiger partial charge in [-0.1, -0.05) is 32.0 Å². The number of H-pyrrole nitrogens is 1. The molecule has 30 heavy (non-hydrogen) atoms. The van der Waals surface area contributed by atoms with Crippen LogP contribution in [0.2, 0.25) is 0 Å². The number of nitrogens with one attached hydrogen (secondary N) is 2. The van der Waals surface area contributed by atoms with Crippen molar-refractivity contribution in [2.45, 2.75) is 51.7 Å². The lowest BCUT2D eigenvalue weighted by Gasteiger charge is -2.18. The van der Waals surface area contributed by atoms with Gasteiger partial charge in [0.1, 0.15) is 5.69 Å². The molecule has 0 radical (unpaired) electrons. The van der Waals surface area contributed by atoms with E-state index in [-0.39, 0.29) is 17.3 Å². The number of hydrogen-bond donors (Lipinski definition) is 3. The van der Waals surface area contributed by atoms with E-state index in [4.69, 9.17) is 0 Å². The van der Waals surface area contributed by atoms with Crippen molar-refractivity contribution < 1.29 is 5.11 Å². The SMILES string of the molecule is CCc1cc2c(cc1CC)CC(NC[C@H](O)c1ccc(N=O)c3[nH]c(=O)ccc13)C2. The standard InChI is InChI=1S/C24H27N3O3/c1-3-14-9-16-11-18(12-17(16)10-15(14)4-2)25-13-22(28)19-5-7-21(27-30)24-20(19)6-8-23(29)26-24/h5-10,18,22,25,28H,3-4,11-13H2,1-2H3,(H,26,29)/t22-/m0/s1. The van der Waals surface area contributed by atoms with Gasteiger partial charge in [0, 0.05) is 24.0 Å². The van der Waals surface area contributed by atoms with E-state index in [1.165, 1.54) is 34.4 Å². The molecule has 4 rings (SSSR count). The minimum Gasteiger partial charge on any atom is -0.387 e. The van der Waals surface area contributed by atoms with Crippen molar-refractivity contribution in [2.24, 2.45) is 5.18 Å². The van der Waals surface area contributed by atoms with E-state index in [0.717, 1.165) is 25.7 Å². The minimum absolute atomic E-state index is 0.163. The van der Waals surface area contributed by atoms with Crippen molar-refractivity contribution in [3.8, 4) is 0 Å². The van der Waals surface area contributed by atoms with Gasteiger partial charge >= 0.3 is 0 Å². The summed E-state index contributed by atoms with van der Waals surface area (Å²) in [5.41, 5.74) is 6.55. The van der Waals surface area contributed by atoms with Crippen LogP contribution in [-0.2, 0) is 25.7 Å². The first-order valence-electron chi connectivity index (χ1n) is 10.6. The maximum Gasteiger partial charge on any atom is 0.248 e. The van der Waals surface area contributed by atoms with Gasteiger partial charge < -0.3 is 15.4 Å². The van der Waals surface area contributed by atoms with Gasteiger partial charge in [0.2, 0.25) is 5.56 Å². The van der Waals surface area contributed by atoms with Gasteiger partial charge in [-0.05, 0) is 70.8 Å². The van der Waals surface area contributed by atoms with Crippen molar-refractivity contribution in [3.05, 3.63) is 79.5 Å². The molecule has 0 bridgehead atoms. The second-order valence-corrected chi connectivity index (χ2v) is 8.00. The van der Waals surface area contributed by atoms with E-state index in [2.05, 4.69) is 41.5 Å². The average Bonchev–Trinajstić information content (AvgIpc) is 3.17. The fraction of sp³-hybridized carbons (Fsp3) is 0.375. The van der Waals surface area contributed by atoms with Crippen LogP contribution in [0.5, 0.6) is 0 Å². The van der Waals surface area contributed by atoms with Gasteiger partial charge in [0.05, 0.1) is 11.6 Å². The molecule has 6 heteroatoms. The van der Waals surface area contributed by atoms with Crippen LogP contribution in [0.25, 0.3) is 10.9 Å². The lowest BCUT2D eigenvalue weighted by Crippen LogP contribution is -2.33. The predicted octanol–water partition coefficient (Wildman–Crippen LogP) is 3.84. The summed E-state index contributed by atoms with van der Waals surface area (Å²) in [4.78, 5) is 25.4. The highest BCUT2D eigenvalue weighted by molar-refractivity contribution is 5.91. The fourth-order valence-electron chi connectivity index (χ4n) is 4.59. The molecule has 2 aromatic carbocycles. The molecule has 0 amide bonds. The number of aryl methyl sites for hydroxylation is 2. The zero-order chi connectivity index (χ0) is 21.3. The van der Waals surface area contributed by atoms with E-state index >= 15 is 0 Å². The Morgan fingerprint density at radius 3 is 2.37 bits per heavy atom. The minimum atomic E-state index is -0.764. The largest absolute Gasteiger partial charge is 0.387 e. The highest BCUT2D eigenvalue weighted by atomic mass is 16.3. The van der Waals surface area contributed by atoms with E-state index < -0.39 is 6.10 Å². The molecule has 1 heterocycles. The molecule has 0 saturated heterocycles. The molecular formula is C24H27N3O3. The molecule has 1 aliphatic carbocycles. The van der Waals surface area contributed by atoms with Crippen LogP contribution in [0.1, 0.15) is 47.8 Å². The summed E-state index contributed by atoms with van der Waals surface area (Å²) in [5, 5.41) is 17.9.